The topological polar surface area (TPSA) is 82.6 Å². The Labute approximate surface area is 165 Å². The van der Waals surface area contributed by atoms with E-state index in [-0.39, 0.29) is 36.4 Å². The molecule has 0 bridgehead atoms. The van der Waals surface area contributed by atoms with Crippen LogP contribution in [0, 0.1) is 5.92 Å². The molecule has 3 atom stereocenters. The highest BCUT2D eigenvalue weighted by Crippen LogP contribution is 2.39. The quantitative estimate of drug-likeness (QED) is 0.791. The van der Waals surface area contributed by atoms with Crippen molar-refractivity contribution in [3.05, 3.63) is 30.1 Å². The molecule has 2 heterocycles. The number of carbonyl (C=O) groups is 3. The Bertz CT molecular complexity index is 779. The molecule has 1 aromatic rings. The number of hydrogen-bond acceptors (Lipinski definition) is 4. The molecule has 1 aromatic heterocycles. The van der Waals surface area contributed by atoms with Crippen molar-refractivity contribution in [3.63, 3.8) is 0 Å². The second-order valence-electron chi connectivity index (χ2n) is 8.40. The first kappa shape index (κ1) is 18.9. The van der Waals surface area contributed by atoms with E-state index in [1.165, 1.54) is 0 Å². The minimum absolute atomic E-state index is 0.0878. The van der Waals surface area contributed by atoms with Crippen LogP contribution in [-0.4, -0.2) is 50.8 Å². The van der Waals surface area contributed by atoms with Gasteiger partial charge in [-0.1, -0.05) is 25.8 Å². The molecule has 28 heavy (non-hydrogen) atoms. The van der Waals surface area contributed by atoms with Crippen LogP contribution in [0.25, 0.3) is 0 Å². The van der Waals surface area contributed by atoms with Crippen LogP contribution in [0.1, 0.15) is 64.1 Å². The molecular weight excluding hydrogens is 356 g/mol. The van der Waals surface area contributed by atoms with E-state index in [1.807, 2.05) is 32.0 Å². The fourth-order valence-electron chi connectivity index (χ4n) is 4.71. The third-order valence-corrected chi connectivity index (χ3v) is 6.56. The number of nitrogens with one attached hydrogen (secondary N) is 1. The van der Waals surface area contributed by atoms with Crippen LogP contribution in [0.2, 0.25) is 0 Å². The Kier molecular flexibility index (Phi) is 4.85. The van der Waals surface area contributed by atoms with Gasteiger partial charge in [0.25, 0.3) is 5.91 Å². The van der Waals surface area contributed by atoms with Gasteiger partial charge in [0.2, 0.25) is 5.91 Å². The Morgan fingerprint density at radius 3 is 2.75 bits per heavy atom. The lowest BCUT2D eigenvalue weighted by atomic mass is 9.73. The minimum Gasteiger partial charge on any atom is -0.330 e. The fourth-order valence-corrected chi connectivity index (χ4v) is 4.71. The third kappa shape index (κ3) is 3.16. The van der Waals surface area contributed by atoms with Gasteiger partial charge in [-0.2, -0.15) is 0 Å². The second kappa shape index (κ2) is 7.18. The summed E-state index contributed by atoms with van der Waals surface area (Å²) in [6.45, 7) is 3.77. The van der Waals surface area contributed by atoms with Gasteiger partial charge in [-0.05, 0) is 50.7 Å². The molecule has 1 saturated heterocycles. The van der Waals surface area contributed by atoms with Crippen molar-refractivity contribution in [2.75, 3.05) is 6.54 Å². The summed E-state index contributed by atoms with van der Waals surface area (Å²) in [5, 5.41) is 2.92. The van der Waals surface area contributed by atoms with E-state index in [4.69, 9.17) is 0 Å². The molecule has 4 amide bonds. The van der Waals surface area contributed by atoms with Gasteiger partial charge in [0.15, 0.2) is 0 Å². The Morgan fingerprint density at radius 2 is 2.11 bits per heavy atom. The molecule has 4 rings (SSSR count). The van der Waals surface area contributed by atoms with Crippen LogP contribution in [-0.2, 0) is 9.59 Å². The van der Waals surface area contributed by atoms with Crippen molar-refractivity contribution in [2.45, 2.75) is 70.0 Å². The van der Waals surface area contributed by atoms with Crippen molar-refractivity contribution in [3.8, 4) is 0 Å². The first-order valence-corrected chi connectivity index (χ1v) is 10.3. The molecule has 3 fully saturated rings. The summed E-state index contributed by atoms with van der Waals surface area (Å²) in [6, 6.07) is 5.18. The number of rotatable bonds is 5. The molecule has 2 saturated carbocycles. The summed E-state index contributed by atoms with van der Waals surface area (Å²) >= 11 is 0. The predicted molar refractivity (Wildman–Crippen MR) is 103 cm³/mol. The highest BCUT2D eigenvalue weighted by atomic mass is 16.2. The van der Waals surface area contributed by atoms with Crippen molar-refractivity contribution >= 4 is 17.8 Å². The molecule has 3 unspecified atom stereocenters. The van der Waals surface area contributed by atoms with E-state index in [9.17, 15) is 14.4 Å². The van der Waals surface area contributed by atoms with Crippen molar-refractivity contribution in [1.82, 2.24) is 20.1 Å². The third-order valence-electron chi connectivity index (χ3n) is 6.56. The minimum atomic E-state index is -0.827. The van der Waals surface area contributed by atoms with Crippen LogP contribution in [0.3, 0.4) is 0 Å². The first-order valence-electron chi connectivity index (χ1n) is 10.3. The largest absolute Gasteiger partial charge is 0.330 e. The lowest BCUT2D eigenvalue weighted by molar-refractivity contribution is -0.142. The highest BCUT2D eigenvalue weighted by Gasteiger charge is 2.55. The van der Waals surface area contributed by atoms with Crippen LogP contribution in [0.4, 0.5) is 4.79 Å². The Morgan fingerprint density at radius 1 is 1.32 bits per heavy atom. The predicted octanol–water partition coefficient (Wildman–Crippen LogP) is 2.63. The van der Waals surface area contributed by atoms with Gasteiger partial charge >= 0.3 is 6.03 Å². The van der Waals surface area contributed by atoms with Crippen molar-refractivity contribution in [2.24, 2.45) is 5.92 Å². The van der Waals surface area contributed by atoms with Crippen molar-refractivity contribution in [1.29, 1.82) is 0 Å². The Balaban J connectivity index is 1.52. The molecule has 7 nitrogen and oxygen atoms in total. The number of imide groups is 1. The molecule has 150 valence electrons. The molecule has 7 heteroatoms. The summed E-state index contributed by atoms with van der Waals surface area (Å²) in [6.07, 6.45) is 7.17. The normalized spacial score (nSPS) is 28.4. The zero-order valence-corrected chi connectivity index (χ0v) is 16.6. The number of hydrogen-bond donors (Lipinski definition) is 1. The standard InChI is InChI=1S/C21H28N4O3/c1-14-7-3-5-11-21(14)19(27)24(20(28)23-21)13-18(26)25(16-9-10-16)15(2)17-8-4-6-12-22-17/h4,6,8,12,14-16H,3,5,7,9-11,13H2,1-2H3,(H,23,28). The summed E-state index contributed by atoms with van der Waals surface area (Å²) in [5.74, 6) is -0.339. The average Bonchev–Trinajstić information content (AvgIpc) is 3.49. The zero-order chi connectivity index (χ0) is 19.9. The monoisotopic (exact) mass is 384 g/mol. The SMILES string of the molecule is CC(c1ccccn1)N(C(=O)CN1C(=O)NC2(CCCCC2C)C1=O)C1CC1. The summed E-state index contributed by atoms with van der Waals surface area (Å²) < 4.78 is 0. The molecular formula is C21H28N4O3. The van der Waals surface area contributed by atoms with E-state index in [0.717, 1.165) is 42.7 Å². The number of carbonyl (C=O) groups excluding carboxylic acids is 3. The smallest absolute Gasteiger partial charge is 0.325 e. The molecule has 2 aliphatic carbocycles. The maximum atomic E-state index is 13.2. The molecule has 1 spiro atoms. The summed E-state index contributed by atoms with van der Waals surface area (Å²) in [5.41, 5.74) is -0.00979. The van der Waals surface area contributed by atoms with Gasteiger partial charge in [-0.25, -0.2) is 4.79 Å². The second-order valence-corrected chi connectivity index (χ2v) is 8.40. The summed E-state index contributed by atoms with van der Waals surface area (Å²) in [7, 11) is 0. The highest BCUT2D eigenvalue weighted by molar-refractivity contribution is 6.09. The number of urea groups is 1. The van der Waals surface area contributed by atoms with Gasteiger partial charge in [0, 0.05) is 12.2 Å². The van der Waals surface area contributed by atoms with Crippen LogP contribution in [0.5, 0.6) is 0 Å². The fraction of sp³-hybridized carbons (Fsp3) is 0.619. The van der Waals surface area contributed by atoms with Gasteiger partial charge in [0.05, 0.1) is 11.7 Å². The molecule has 0 radical (unpaired) electrons. The number of nitrogens with zero attached hydrogens (tertiary/aromatic N) is 3. The molecule has 3 aliphatic rings. The maximum absolute atomic E-state index is 13.2. The van der Waals surface area contributed by atoms with E-state index >= 15 is 0 Å². The van der Waals surface area contributed by atoms with E-state index in [2.05, 4.69) is 10.3 Å². The Hall–Kier alpha value is -2.44. The molecule has 1 aliphatic heterocycles. The van der Waals surface area contributed by atoms with Crippen molar-refractivity contribution < 1.29 is 14.4 Å². The average molecular weight is 384 g/mol. The van der Waals surface area contributed by atoms with E-state index in [0.29, 0.717) is 6.42 Å². The summed E-state index contributed by atoms with van der Waals surface area (Å²) in [4.78, 5) is 46.2. The van der Waals surface area contributed by atoms with Crippen LogP contribution < -0.4 is 5.32 Å². The van der Waals surface area contributed by atoms with Gasteiger partial charge < -0.3 is 10.2 Å². The maximum Gasteiger partial charge on any atom is 0.325 e. The molecule has 0 aromatic carbocycles. The van der Waals surface area contributed by atoms with E-state index < -0.39 is 11.6 Å². The number of aromatic nitrogens is 1. The number of pyridine rings is 1. The molecule has 1 N–H and O–H groups in total. The lowest BCUT2D eigenvalue weighted by Crippen LogP contribution is -2.54. The van der Waals surface area contributed by atoms with Gasteiger partial charge in [-0.3, -0.25) is 19.5 Å². The van der Waals surface area contributed by atoms with Gasteiger partial charge in [-0.15, -0.1) is 0 Å². The van der Waals surface area contributed by atoms with Gasteiger partial charge in [0.1, 0.15) is 12.1 Å². The zero-order valence-electron chi connectivity index (χ0n) is 16.6. The van der Waals surface area contributed by atoms with Crippen LogP contribution in [0.15, 0.2) is 24.4 Å². The van der Waals surface area contributed by atoms with Crippen LogP contribution >= 0.6 is 0 Å². The van der Waals surface area contributed by atoms with E-state index in [1.54, 1.807) is 11.1 Å². The first-order chi connectivity index (χ1) is 13.4. The lowest BCUT2D eigenvalue weighted by Gasteiger charge is -2.37. The number of amides is 4.